The van der Waals surface area contributed by atoms with Gasteiger partial charge in [-0.1, -0.05) is 6.07 Å². The number of rotatable bonds is 4. The predicted octanol–water partition coefficient (Wildman–Crippen LogP) is 1.99. The lowest BCUT2D eigenvalue weighted by Crippen LogP contribution is -2.47. The Morgan fingerprint density at radius 2 is 1.89 bits per heavy atom. The topological polar surface area (TPSA) is 32.5 Å². The van der Waals surface area contributed by atoms with Gasteiger partial charge in [0.2, 0.25) is 0 Å². The molecule has 2 N–H and O–H groups in total. The molecular weight excluding hydrogens is 234 g/mol. The number of nitrogens with zero attached hydrogens (tertiary/aromatic N) is 2. The fourth-order valence-corrected chi connectivity index (χ4v) is 2.96. The molecule has 1 saturated carbocycles. The Bertz CT molecular complexity index is 432. The van der Waals surface area contributed by atoms with Crippen molar-refractivity contribution in [3.8, 4) is 0 Å². The van der Waals surface area contributed by atoms with E-state index in [0.29, 0.717) is 6.54 Å². The molecule has 19 heavy (non-hydrogen) atoms. The van der Waals surface area contributed by atoms with Crippen molar-refractivity contribution in [2.45, 2.75) is 26.3 Å². The van der Waals surface area contributed by atoms with E-state index in [2.05, 4.69) is 34.9 Å². The first kappa shape index (κ1) is 12.9. The van der Waals surface area contributed by atoms with Gasteiger partial charge in [0, 0.05) is 45.0 Å². The van der Waals surface area contributed by atoms with Crippen LogP contribution in [0.25, 0.3) is 0 Å². The maximum Gasteiger partial charge on any atom is 0.0369 e. The molecule has 3 rings (SSSR count). The van der Waals surface area contributed by atoms with Crippen LogP contribution in [-0.4, -0.2) is 37.6 Å². The summed E-state index contributed by atoms with van der Waals surface area (Å²) in [5.74, 6) is 1.01. The summed E-state index contributed by atoms with van der Waals surface area (Å²) < 4.78 is 0. The zero-order valence-electron chi connectivity index (χ0n) is 11.9. The van der Waals surface area contributed by atoms with Gasteiger partial charge in [0.05, 0.1) is 0 Å². The molecule has 0 atom stereocenters. The molecule has 1 aliphatic heterocycles. The molecule has 0 bridgehead atoms. The minimum absolute atomic E-state index is 0.640. The summed E-state index contributed by atoms with van der Waals surface area (Å²) >= 11 is 0. The number of nitrogens with two attached hydrogens (primary N) is 1. The molecule has 0 unspecified atom stereocenters. The van der Waals surface area contributed by atoms with Gasteiger partial charge in [-0.05, 0) is 48.9 Å². The van der Waals surface area contributed by atoms with Gasteiger partial charge in [-0.2, -0.15) is 0 Å². The Labute approximate surface area is 116 Å². The van der Waals surface area contributed by atoms with E-state index in [1.54, 1.807) is 0 Å². The number of aryl methyl sites for hydroxylation is 1. The predicted molar refractivity (Wildman–Crippen MR) is 80.4 cm³/mol. The Kier molecular flexibility index (Phi) is 3.76. The largest absolute Gasteiger partial charge is 0.369 e. The first-order valence-electron chi connectivity index (χ1n) is 7.53. The van der Waals surface area contributed by atoms with Crippen LogP contribution in [-0.2, 0) is 6.54 Å². The normalized spacial score (nSPS) is 20.8. The van der Waals surface area contributed by atoms with E-state index in [0.717, 1.165) is 19.0 Å². The first-order valence-corrected chi connectivity index (χ1v) is 7.53. The van der Waals surface area contributed by atoms with Crippen molar-refractivity contribution >= 4 is 5.69 Å². The van der Waals surface area contributed by atoms with Gasteiger partial charge in [-0.3, -0.25) is 4.90 Å². The molecule has 3 heteroatoms. The number of hydrogen-bond acceptors (Lipinski definition) is 3. The molecule has 1 aromatic rings. The second kappa shape index (κ2) is 5.51. The summed E-state index contributed by atoms with van der Waals surface area (Å²) in [5.41, 5.74) is 9.67. The van der Waals surface area contributed by atoms with Gasteiger partial charge in [0.25, 0.3) is 0 Å². The Morgan fingerprint density at radius 1 is 1.16 bits per heavy atom. The molecule has 3 nitrogen and oxygen atoms in total. The monoisotopic (exact) mass is 259 g/mol. The molecule has 2 fully saturated rings. The van der Waals surface area contributed by atoms with Crippen molar-refractivity contribution < 1.29 is 0 Å². The molecule has 0 aromatic heterocycles. The smallest absolute Gasteiger partial charge is 0.0369 e. The summed E-state index contributed by atoms with van der Waals surface area (Å²) in [7, 11) is 0. The third-order valence-corrected chi connectivity index (χ3v) is 4.50. The van der Waals surface area contributed by atoms with Crippen LogP contribution in [0.1, 0.15) is 24.0 Å². The lowest BCUT2D eigenvalue weighted by Gasteiger charge is -2.36. The minimum Gasteiger partial charge on any atom is -0.369 e. The maximum atomic E-state index is 5.73. The highest BCUT2D eigenvalue weighted by Crippen LogP contribution is 2.30. The SMILES string of the molecule is Cc1cc(N2CCN(CC3CC3)CC2)ccc1CN. The summed E-state index contributed by atoms with van der Waals surface area (Å²) in [6, 6.07) is 6.70. The van der Waals surface area contributed by atoms with E-state index in [-0.39, 0.29) is 0 Å². The quantitative estimate of drug-likeness (QED) is 0.897. The number of benzene rings is 1. The van der Waals surface area contributed by atoms with E-state index >= 15 is 0 Å². The summed E-state index contributed by atoms with van der Waals surface area (Å²) in [4.78, 5) is 5.14. The van der Waals surface area contributed by atoms with Crippen molar-refractivity contribution in [3.63, 3.8) is 0 Å². The number of hydrogen-bond donors (Lipinski definition) is 1. The average Bonchev–Trinajstić information content (AvgIpc) is 3.23. The molecule has 1 aliphatic carbocycles. The zero-order chi connectivity index (χ0) is 13.2. The van der Waals surface area contributed by atoms with Gasteiger partial charge >= 0.3 is 0 Å². The van der Waals surface area contributed by atoms with Gasteiger partial charge in [-0.25, -0.2) is 0 Å². The second-order valence-corrected chi connectivity index (χ2v) is 6.05. The Hall–Kier alpha value is -1.06. The van der Waals surface area contributed by atoms with Gasteiger partial charge in [-0.15, -0.1) is 0 Å². The molecule has 104 valence electrons. The molecule has 0 radical (unpaired) electrons. The van der Waals surface area contributed by atoms with Crippen LogP contribution in [0.3, 0.4) is 0 Å². The summed E-state index contributed by atoms with van der Waals surface area (Å²) in [5, 5.41) is 0. The molecular formula is C16H25N3. The van der Waals surface area contributed by atoms with Crippen LogP contribution in [0.5, 0.6) is 0 Å². The Balaban J connectivity index is 1.59. The van der Waals surface area contributed by atoms with Crippen LogP contribution < -0.4 is 10.6 Å². The van der Waals surface area contributed by atoms with Crippen LogP contribution >= 0.6 is 0 Å². The van der Waals surface area contributed by atoms with Crippen molar-refractivity contribution in [1.29, 1.82) is 0 Å². The maximum absolute atomic E-state index is 5.73. The lowest BCUT2D eigenvalue weighted by atomic mass is 10.1. The zero-order valence-corrected chi connectivity index (χ0v) is 11.9. The second-order valence-electron chi connectivity index (χ2n) is 6.05. The van der Waals surface area contributed by atoms with E-state index in [9.17, 15) is 0 Å². The van der Waals surface area contributed by atoms with Crippen LogP contribution in [0.4, 0.5) is 5.69 Å². The third kappa shape index (κ3) is 3.10. The van der Waals surface area contributed by atoms with Crippen LogP contribution in [0, 0.1) is 12.8 Å². The third-order valence-electron chi connectivity index (χ3n) is 4.50. The molecule has 2 aliphatic rings. The van der Waals surface area contributed by atoms with Crippen molar-refractivity contribution in [2.24, 2.45) is 11.7 Å². The van der Waals surface area contributed by atoms with E-state index in [1.807, 2.05) is 0 Å². The van der Waals surface area contributed by atoms with E-state index in [4.69, 9.17) is 5.73 Å². The number of anilines is 1. The average molecular weight is 259 g/mol. The molecule has 0 spiro atoms. The standard InChI is InChI=1S/C16H25N3/c1-13-10-16(5-4-15(13)11-17)19-8-6-18(7-9-19)12-14-2-3-14/h4-5,10,14H,2-3,6-9,11-12,17H2,1H3. The lowest BCUT2D eigenvalue weighted by molar-refractivity contribution is 0.248. The van der Waals surface area contributed by atoms with E-state index in [1.165, 1.54) is 49.3 Å². The molecule has 1 saturated heterocycles. The molecule has 1 heterocycles. The highest BCUT2D eigenvalue weighted by molar-refractivity contribution is 5.51. The van der Waals surface area contributed by atoms with Gasteiger partial charge < -0.3 is 10.6 Å². The van der Waals surface area contributed by atoms with Crippen LogP contribution in [0.15, 0.2) is 18.2 Å². The fourth-order valence-electron chi connectivity index (χ4n) is 2.96. The highest BCUT2D eigenvalue weighted by atomic mass is 15.3. The molecule has 0 amide bonds. The summed E-state index contributed by atoms with van der Waals surface area (Å²) in [6.45, 7) is 8.89. The first-order chi connectivity index (χ1) is 9.26. The van der Waals surface area contributed by atoms with Gasteiger partial charge in [0.15, 0.2) is 0 Å². The van der Waals surface area contributed by atoms with Crippen LogP contribution in [0.2, 0.25) is 0 Å². The molecule has 1 aromatic carbocycles. The van der Waals surface area contributed by atoms with Crippen molar-refractivity contribution in [2.75, 3.05) is 37.6 Å². The summed E-state index contributed by atoms with van der Waals surface area (Å²) in [6.07, 6.45) is 2.92. The Morgan fingerprint density at radius 3 is 2.47 bits per heavy atom. The fraction of sp³-hybridized carbons (Fsp3) is 0.625. The van der Waals surface area contributed by atoms with E-state index < -0.39 is 0 Å². The van der Waals surface area contributed by atoms with Crippen molar-refractivity contribution in [1.82, 2.24) is 4.90 Å². The minimum atomic E-state index is 0.640. The highest BCUT2D eigenvalue weighted by Gasteiger charge is 2.26. The van der Waals surface area contributed by atoms with Crippen molar-refractivity contribution in [3.05, 3.63) is 29.3 Å². The number of piperazine rings is 1. The van der Waals surface area contributed by atoms with Gasteiger partial charge in [0.1, 0.15) is 0 Å².